The minimum atomic E-state index is -4.70. The van der Waals surface area contributed by atoms with Crippen molar-refractivity contribution in [3.8, 4) is 18.2 Å². The van der Waals surface area contributed by atoms with Crippen molar-refractivity contribution in [3.05, 3.63) is 40.8 Å². The normalized spacial score (nSPS) is 9.85. The molecule has 0 aromatic heterocycles. The highest BCUT2D eigenvalue weighted by Gasteiger charge is 2.31. The zero-order valence-corrected chi connectivity index (χ0v) is 9.59. The molecule has 8 heteroatoms. The van der Waals surface area contributed by atoms with Gasteiger partial charge >= 0.3 is 6.18 Å². The average Bonchev–Trinajstić information content (AvgIpc) is 2.39. The standard InChI is InChI=1S/C12H4F4N4/c13-9-3-8(12(14,15)16)1-2-10(9)20-11(6-19)7(4-17)5-18/h1-3,20H. The molecule has 0 aliphatic heterocycles. The first-order chi connectivity index (χ1) is 9.33. The lowest BCUT2D eigenvalue weighted by Gasteiger charge is -2.10. The molecular weight excluding hydrogens is 276 g/mol. The maximum Gasteiger partial charge on any atom is 0.416 e. The van der Waals surface area contributed by atoms with E-state index in [9.17, 15) is 17.6 Å². The second-order valence-electron chi connectivity index (χ2n) is 3.40. The monoisotopic (exact) mass is 280 g/mol. The van der Waals surface area contributed by atoms with Crippen LogP contribution in [-0.2, 0) is 6.18 Å². The largest absolute Gasteiger partial charge is 0.416 e. The summed E-state index contributed by atoms with van der Waals surface area (Å²) in [5, 5.41) is 28.0. The number of benzene rings is 1. The van der Waals surface area contributed by atoms with Gasteiger partial charge in [0, 0.05) is 0 Å². The number of nitriles is 3. The van der Waals surface area contributed by atoms with E-state index in [1.807, 2.05) is 0 Å². The average molecular weight is 280 g/mol. The maximum absolute atomic E-state index is 13.5. The summed E-state index contributed by atoms with van der Waals surface area (Å²) in [6.07, 6.45) is -4.70. The lowest BCUT2D eigenvalue weighted by molar-refractivity contribution is -0.137. The molecule has 1 aromatic rings. The van der Waals surface area contributed by atoms with E-state index in [1.54, 1.807) is 0 Å². The van der Waals surface area contributed by atoms with Crippen molar-refractivity contribution in [2.24, 2.45) is 0 Å². The molecule has 0 aliphatic carbocycles. The summed E-state index contributed by atoms with van der Waals surface area (Å²) in [4.78, 5) is 0. The number of allylic oxidation sites excluding steroid dienone is 2. The van der Waals surface area contributed by atoms with Gasteiger partial charge in [-0.2, -0.15) is 29.0 Å². The van der Waals surface area contributed by atoms with Crippen LogP contribution in [0.1, 0.15) is 5.56 Å². The van der Waals surface area contributed by atoms with Gasteiger partial charge in [0.25, 0.3) is 0 Å². The number of nitrogens with one attached hydrogen (secondary N) is 1. The first-order valence-electron chi connectivity index (χ1n) is 4.91. The van der Waals surface area contributed by atoms with Gasteiger partial charge in [0.05, 0.1) is 11.3 Å². The van der Waals surface area contributed by atoms with Crippen molar-refractivity contribution in [3.63, 3.8) is 0 Å². The molecule has 0 saturated carbocycles. The quantitative estimate of drug-likeness (QED) is 0.666. The number of alkyl halides is 3. The number of halogens is 4. The molecule has 4 nitrogen and oxygen atoms in total. The second kappa shape index (κ2) is 5.73. The molecule has 1 rings (SSSR count). The summed E-state index contributed by atoms with van der Waals surface area (Å²) in [7, 11) is 0. The predicted molar refractivity (Wildman–Crippen MR) is 58.9 cm³/mol. The Bertz CT molecular complexity index is 667. The molecule has 0 fully saturated rings. The Morgan fingerprint density at radius 3 is 2.05 bits per heavy atom. The molecule has 0 unspecified atom stereocenters. The van der Waals surface area contributed by atoms with Gasteiger partial charge in [0.2, 0.25) is 0 Å². The maximum atomic E-state index is 13.5. The molecule has 20 heavy (non-hydrogen) atoms. The predicted octanol–water partition coefficient (Wildman–Crippen LogP) is 3.08. The van der Waals surface area contributed by atoms with Crippen molar-refractivity contribution >= 4 is 5.69 Å². The van der Waals surface area contributed by atoms with Crippen LogP contribution in [0.15, 0.2) is 29.5 Å². The van der Waals surface area contributed by atoms with Crippen LogP contribution in [0.2, 0.25) is 0 Å². The fourth-order valence-electron chi connectivity index (χ4n) is 1.21. The number of hydrogen-bond acceptors (Lipinski definition) is 4. The first-order valence-corrected chi connectivity index (χ1v) is 4.91. The highest BCUT2D eigenvalue weighted by atomic mass is 19.4. The highest BCUT2D eigenvalue weighted by Crippen LogP contribution is 2.31. The summed E-state index contributed by atoms with van der Waals surface area (Å²) < 4.78 is 50.5. The van der Waals surface area contributed by atoms with E-state index in [2.05, 4.69) is 5.32 Å². The van der Waals surface area contributed by atoms with E-state index in [1.165, 1.54) is 18.2 Å². The third-order valence-electron chi connectivity index (χ3n) is 2.14. The third-order valence-corrected chi connectivity index (χ3v) is 2.14. The molecule has 1 aromatic carbocycles. The Morgan fingerprint density at radius 2 is 1.65 bits per heavy atom. The van der Waals surface area contributed by atoms with E-state index in [0.29, 0.717) is 6.07 Å². The van der Waals surface area contributed by atoms with E-state index in [4.69, 9.17) is 15.8 Å². The van der Waals surface area contributed by atoms with Gasteiger partial charge in [0.15, 0.2) is 5.57 Å². The topological polar surface area (TPSA) is 83.4 Å². The summed E-state index contributed by atoms with van der Waals surface area (Å²) >= 11 is 0. The summed E-state index contributed by atoms with van der Waals surface area (Å²) in [6.45, 7) is 0. The van der Waals surface area contributed by atoms with Gasteiger partial charge in [-0.05, 0) is 18.2 Å². The minimum Gasteiger partial charge on any atom is -0.343 e. The number of anilines is 1. The van der Waals surface area contributed by atoms with E-state index in [-0.39, 0.29) is 6.07 Å². The Labute approximate surface area is 110 Å². The van der Waals surface area contributed by atoms with Crippen molar-refractivity contribution in [1.82, 2.24) is 0 Å². The fraction of sp³-hybridized carbons (Fsp3) is 0.0833. The van der Waals surface area contributed by atoms with E-state index < -0.39 is 34.5 Å². The molecule has 0 atom stereocenters. The van der Waals surface area contributed by atoms with Crippen molar-refractivity contribution in [1.29, 1.82) is 15.8 Å². The first kappa shape index (κ1) is 15.0. The van der Waals surface area contributed by atoms with Crippen LogP contribution in [0.4, 0.5) is 23.2 Å². The molecule has 0 heterocycles. The Balaban J connectivity index is 3.20. The van der Waals surface area contributed by atoms with Gasteiger partial charge in [-0.1, -0.05) is 0 Å². The smallest absolute Gasteiger partial charge is 0.343 e. The fourth-order valence-corrected chi connectivity index (χ4v) is 1.21. The van der Waals surface area contributed by atoms with Crippen molar-refractivity contribution in [2.75, 3.05) is 5.32 Å². The molecule has 1 N–H and O–H groups in total. The third kappa shape index (κ3) is 3.24. The Kier molecular flexibility index (Phi) is 4.30. The molecule has 0 spiro atoms. The second-order valence-corrected chi connectivity index (χ2v) is 3.40. The number of rotatable bonds is 2. The molecule has 0 saturated heterocycles. The Morgan fingerprint density at radius 1 is 1.05 bits per heavy atom. The van der Waals surface area contributed by atoms with E-state index >= 15 is 0 Å². The molecule has 0 bridgehead atoms. The molecular formula is C12H4F4N4. The molecule has 0 amide bonds. The van der Waals surface area contributed by atoms with Gasteiger partial charge in [0.1, 0.15) is 29.7 Å². The summed E-state index contributed by atoms with van der Waals surface area (Å²) in [6, 6.07) is 5.90. The lowest BCUT2D eigenvalue weighted by atomic mass is 10.1. The SMILES string of the molecule is N#CC(C#N)=C(C#N)Nc1ccc(C(F)(F)F)cc1F. The van der Waals surface area contributed by atoms with Gasteiger partial charge in [-0.15, -0.1) is 0 Å². The van der Waals surface area contributed by atoms with Gasteiger partial charge in [-0.25, -0.2) is 4.39 Å². The van der Waals surface area contributed by atoms with Crippen molar-refractivity contribution in [2.45, 2.75) is 6.18 Å². The van der Waals surface area contributed by atoms with Gasteiger partial charge in [-0.3, -0.25) is 0 Å². The number of hydrogen-bond donors (Lipinski definition) is 1. The van der Waals surface area contributed by atoms with E-state index in [0.717, 1.165) is 6.07 Å². The molecule has 0 radical (unpaired) electrons. The summed E-state index contributed by atoms with van der Waals surface area (Å²) in [5.74, 6) is -1.26. The van der Waals surface area contributed by atoms with Crippen LogP contribution in [0.5, 0.6) is 0 Å². The highest BCUT2D eigenvalue weighted by molar-refractivity contribution is 5.59. The van der Waals surface area contributed by atoms with Crippen LogP contribution >= 0.6 is 0 Å². The molecule has 100 valence electrons. The zero-order chi connectivity index (χ0) is 15.3. The lowest BCUT2D eigenvalue weighted by Crippen LogP contribution is -2.07. The summed E-state index contributed by atoms with van der Waals surface area (Å²) in [5.41, 5.74) is -2.79. The Hall–Kier alpha value is -3.05. The van der Waals surface area contributed by atoms with Crippen LogP contribution in [0.3, 0.4) is 0 Å². The van der Waals surface area contributed by atoms with Gasteiger partial charge < -0.3 is 5.32 Å². The number of nitrogens with zero attached hydrogens (tertiary/aromatic N) is 3. The van der Waals surface area contributed by atoms with Crippen LogP contribution in [0, 0.1) is 39.8 Å². The van der Waals surface area contributed by atoms with Crippen LogP contribution < -0.4 is 5.32 Å². The van der Waals surface area contributed by atoms with Crippen LogP contribution in [-0.4, -0.2) is 0 Å². The molecule has 0 aliphatic rings. The minimum absolute atomic E-state index is 0.246. The zero-order valence-electron chi connectivity index (χ0n) is 9.59. The van der Waals surface area contributed by atoms with Crippen LogP contribution in [0.25, 0.3) is 0 Å². The van der Waals surface area contributed by atoms with Crippen molar-refractivity contribution < 1.29 is 17.6 Å².